The van der Waals surface area contributed by atoms with Crippen LogP contribution < -0.4 is 4.90 Å². The molecular weight excluding hydrogens is 228 g/mol. The zero-order chi connectivity index (χ0) is 12.8. The summed E-state index contributed by atoms with van der Waals surface area (Å²) in [5.41, 5.74) is 1.81. The van der Waals surface area contributed by atoms with E-state index in [-0.39, 0.29) is 17.9 Å². The number of carbonyl (C=O) groups is 1. The zero-order valence-electron chi connectivity index (χ0n) is 10.6. The first-order chi connectivity index (χ1) is 8.69. The van der Waals surface area contributed by atoms with E-state index in [0.29, 0.717) is 6.54 Å². The third kappa shape index (κ3) is 1.42. The Morgan fingerprint density at radius 2 is 2.17 bits per heavy atom. The molecule has 0 aromatic heterocycles. The van der Waals surface area contributed by atoms with Gasteiger partial charge in [-0.05, 0) is 24.6 Å². The van der Waals surface area contributed by atoms with Crippen molar-refractivity contribution in [3.63, 3.8) is 0 Å². The van der Waals surface area contributed by atoms with Crippen molar-refractivity contribution < 1.29 is 9.90 Å². The van der Waals surface area contributed by atoms with Crippen molar-refractivity contribution in [2.45, 2.75) is 11.8 Å². The Balaban J connectivity index is 2.00. The molecule has 18 heavy (non-hydrogen) atoms. The molecule has 1 fully saturated rings. The molecule has 2 heterocycles. The number of β-amino-alcohol motifs (C(OH)–C–C–N with tert-alkyl or cyclic N) is 1. The first kappa shape index (κ1) is 11.7. The van der Waals surface area contributed by atoms with E-state index in [0.717, 1.165) is 30.8 Å². The lowest BCUT2D eigenvalue weighted by atomic mass is 9.81. The second-order valence-electron chi connectivity index (χ2n) is 5.21. The number of fused-ring (bicyclic) bond motifs is 2. The van der Waals surface area contributed by atoms with Gasteiger partial charge in [-0.25, -0.2) is 0 Å². The van der Waals surface area contributed by atoms with Crippen LogP contribution >= 0.6 is 0 Å². The molecule has 1 atom stereocenters. The lowest BCUT2D eigenvalue weighted by molar-refractivity contribution is -0.122. The molecule has 1 aromatic rings. The molecule has 0 aliphatic carbocycles. The summed E-state index contributed by atoms with van der Waals surface area (Å²) in [7, 11) is 1.85. The molecule has 0 unspecified atom stereocenters. The minimum atomic E-state index is -0.374. The molecule has 4 nitrogen and oxygen atoms in total. The van der Waals surface area contributed by atoms with Gasteiger partial charge in [0.1, 0.15) is 0 Å². The highest BCUT2D eigenvalue weighted by molar-refractivity contribution is 6.08. The van der Waals surface area contributed by atoms with E-state index >= 15 is 0 Å². The fraction of sp³-hybridized carbons (Fsp3) is 0.500. The molecule has 1 spiro atoms. The molecule has 1 N–H and O–H groups in total. The molecular formula is C14H18N2O2. The van der Waals surface area contributed by atoms with E-state index in [2.05, 4.69) is 11.0 Å². The van der Waals surface area contributed by atoms with Crippen molar-refractivity contribution >= 4 is 11.6 Å². The molecule has 96 valence electrons. The number of hydrogen-bond donors (Lipinski definition) is 1. The van der Waals surface area contributed by atoms with Crippen LogP contribution in [0.4, 0.5) is 5.69 Å². The number of aliphatic hydroxyl groups is 1. The number of carbonyl (C=O) groups excluding carboxylic acids is 1. The van der Waals surface area contributed by atoms with Crippen molar-refractivity contribution in [3.05, 3.63) is 29.8 Å². The first-order valence-corrected chi connectivity index (χ1v) is 6.40. The van der Waals surface area contributed by atoms with Gasteiger partial charge in [-0.3, -0.25) is 9.69 Å². The van der Waals surface area contributed by atoms with Crippen LogP contribution in [0.5, 0.6) is 0 Å². The number of rotatable bonds is 2. The van der Waals surface area contributed by atoms with Gasteiger partial charge in [-0.2, -0.15) is 0 Å². The highest BCUT2D eigenvalue weighted by Crippen LogP contribution is 2.46. The number of anilines is 1. The average Bonchev–Trinajstić information content (AvgIpc) is 2.90. The quantitative estimate of drug-likeness (QED) is 0.831. The third-order valence-electron chi connectivity index (χ3n) is 4.26. The smallest absolute Gasteiger partial charge is 0.238 e. The summed E-state index contributed by atoms with van der Waals surface area (Å²) in [6.07, 6.45) is 0.854. The van der Waals surface area contributed by atoms with E-state index < -0.39 is 0 Å². The van der Waals surface area contributed by atoms with Gasteiger partial charge in [0, 0.05) is 25.8 Å². The Morgan fingerprint density at radius 3 is 2.94 bits per heavy atom. The molecule has 1 aromatic carbocycles. The Labute approximate surface area is 107 Å². The summed E-state index contributed by atoms with van der Waals surface area (Å²) in [5, 5.41) is 9.03. The number of aliphatic hydroxyl groups excluding tert-OH is 1. The molecule has 2 aliphatic heterocycles. The summed E-state index contributed by atoms with van der Waals surface area (Å²) in [6, 6.07) is 8.06. The molecule has 0 radical (unpaired) electrons. The third-order valence-corrected chi connectivity index (χ3v) is 4.26. The van der Waals surface area contributed by atoms with Crippen LogP contribution in [0.1, 0.15) is 12.0 Å². The fourth-order valence-electron chi connectivity index (χ4n) is 3.33. The normalized spacial score (nSPS) is 27.2. The highest BCUT2D eigenvalue weighted by Gasteiger charge is 2.52. The maximum absolute atomic E-state index is 12.6. The number of amides is 1. The van der Waals surface area contributed by atoms with E-state index in [4.69, 9.17) is 5.11 Å². The van der Waals surface area contributed by atoms with Crippen molar-refractivity contribution in [2.75, 3.05) is 38.2 Å². The van der Waals surface area contributed by atoms with E-state index in [1.807, 2.05) is 25.2 Å². The summed E-state index contributed by atoms with van der Waals surface area (Å²) < 4.78 is 0. The fourth-order valence-corrected chi connectivity index (χ4v) is 3.33. The zero-order valence-corrected chi connectivity index (χ0v) is 10.6. The molecule has 1 amide bonds. The van der Waals surface area contributed by atoms with Gasteiger partial charge in [-0.15, -0.1) is 0 Å². The minimum Gasteiger partial charge on any atom is -0.395 e. The SMILES string of the molecule is CN1C(=O)[C@@]2(CCN(CCO)C2)c2ccccc21. The molecule has 4 heteroatoms. The minimum absolute atomic E-state index is 0.155. The number of likely N-dealkylation sites (N-methyl/N-ethyl adjacent to an activating group) is 1. The Bertz CT molecular complexity index is 488. The highest BCUT2D eigenvalue weighted by atomic mass is 16.3. The van der Waals surface area contributed by atoms with Crippen LogP contribution in [0.3, 0.4) is 0 Å². The lowest BCUT2D eigenvalue weighted by Gasteiger charge is -2.23. The van der Waals surface area contributed by atoms with Gasteiger partial charge < -0.3 is 10.0 Å². The average molecular weight is 246 g/mol. The molecule has 0 bridgehead atoms. The van der Waals surface area contributed by atoms with Gasteiger partial charge in [-0.1, -0.05) is 18.2 Å². The van der Waals surface area contributed by atoms with Gasteiger partial charge in [0.15, 0.2) is 0 Å². The van der Waals surface area contributed by atoms with Crippen LogP contribution in [-0.2, 0) is 10.2 Å². The maximum Gasteiger partial charge on any atom is 0.238 e. The van der Waals surface area contributed by atoms with Gasteiger partial charge in [0.05, 0.1) is 12.0 Å². The topological polar surface area (TPSA) is 43.8 Å². The molecule has 3 rings (SSSR count). The van der Waals surface area contributed by atoms with Gasteiger partial charge in [0.25, 0.3) is 0 Å². The summed E-state index contributed by atoms with van der Waals surface area (Å²) in [4.78, 5) is 16.5. The van der Waals surface area contributed by atoms with E-state index in [9.17, 15) is 4.79 Å². The predicted molar refractivity (Wildman–Crippen MR) is 69.7 cm³/mol. The Hall–Kier alpha value is -1.39. The van der Waals surface area contributed by atoms with Crippen LogP contribution in [0, 0.1) is 0 Å². The Morgan fingerprint density at radius 1 is 1.39 bits per heavy atom. The summed E-state index contributed by atoms with van der Waals surface area (Å²) in [6.45, 7) is 2.42. The van der Waals surface area contributed by atoms with Crippen molar-refractivity contribution in [2.24, 2.45) is 0 Å². The van der Waals surface area contributed by atoms with Crippen molar-refractivity contribution in [1.29, 1.82) is 0 Å². The monoisotopic (exact) mass is 246 g/mol. The van der Waals surface area contributed by atoms with Crippen LogP contribution in [-0.4, -0.2) is 49.2 Å². The van der Waals surface area contributed by atoms with Gasteiger partial charge >= 0.3 is 0 Å². The number of likely N-dealkylation sites (tertiary alicyclic amines) is 1. The van der Waals surface area contributed by atoms with E-state index in [1.165, 1.54) is 0 Å². The van der Waals surface area contributed by atoms with Crippen LogP contribution in [0.2, 0.25) is 0 Å². The first-order valence-electron chi connectivity index (χ1n) is 6.40. The van der Waals surface area contributed by atoms with Crippen LogP contribution in [0.25, 0.3) is 0 Å². The second-order valence-corrected chi connectivity index (χ2v) is 5.21. The van der Waals surface area contributed by atoms with Crippen molar-refractivity contribution in [1.82, 2.24) is 4.90 Å². The van der Waals surface area contributed by atoms with Crippen LogP contribution in [0.15, 0.2) is 24.3 Å². The summed E-state index contributed by atoms with van der Waals surface area (Å²) in [5.74, 6) is 0.198. The van der Waals surface area contributed by atoms with E-state index in [1.54, 1.807) is 4.90 Å². The molecule has 1 saturated heterocycles. The number of para-hydroxylation sites is 1. The standard InChI is InChI=1S/C14H18N2O2/c1-15-12-5-3-2-4-11(12)14(13(15)18)6-7-16(10-14)8-9-17/h2-5,17H,6-10H2,1H3/t14-/m1/s1. The largest absolute Gasteiger partial charge is 0.395 e. The number of nitrogens with zero attached hydrogens (tertiary/aromatic N) is 2. The second kappa shape index (κ2) is 4.07. The lowest BCUT2D eigenvalue weighted by Crippen LogP contribution is -2.41. The molecule has 2 aliphatic rings. The van der Waals surface area contributed by atoms with Crippen molar-refractivity contribution in [3.8, 4) is 0 Å². The maximum atomic E-state index is 12.6. The number of benzene rings is 1. The number of hydrogen-bond acceptors (Lipinski definition) is 3. The molecule has 0 saturated carbocycles. The summed E-state index contributed by atoms with van der Waals surface area (Å²) >= 11 is 0. The van der Waals surface area contributed by atoms with Gasteiger partial charge in [0.2, 0.25) is 5.91 Å². The predicted octanol–water partition coefficient (Wildman–Crippen LogP) is 0.599. The Kier molecular flexibility index (Phi) is 2.64.